The largest absolute Gasteiger partial charge is 0.465 e. The molecule has 46 heavy (non-hydrogen) atoms. The molecule has 0 fully saturated rings. The SMILES string of the molecule is COC(=O)c1cccc(Oc2ccc(S(=O)(=O)c3ccc(CCNC(C(=O)OC(C)(C)C)[C@H](O)c4cccc(Cl)c4)cc3)cc2)c1. The highest BCUT2D eigenvalue weighted by Gasteiger charge is 2.32. The van der Waals surface area contributed by atoms with Gasteiger partial charge in [0.05, 0.1) is 22.5 Å². The molecule has 0 saturated carbocycles. The number of ether oxygens (including phenoxy) is 3. The zero-order chi connectivity index (χ0) is 33.5. The minimum absolute atomic E-state index is 0.0905. The number of hydrogen-bond acceptors (Lipinski definition) is 9. The molecule has 0 aliphatic carbocycles. The predicted octanol–water partition coefficient (Wildman–Crippen LogP) is 6.33. The second-order valence-corrected chi connectivity index (χ2v) is 13.8. The number of aliphatic hydroxyl groups excluding tert-OH is 1. The summed E-state index contributed by atoms with van der Waals surface area (Å²) in [6.45, 7) is 5.55. The molecule has 1 unspecified atom stereocenters. The van der Waals surface area contributed by atoms with Crippen LogP contribution >= 0.6 is 11.6 Å². The zero-order valence-electron chi connectivity index (χ0n) is 25.9. The third-order valence-corrected chi connectivity index (χ3v) is 8.82. The molecule has 0 saturated heterocycles. The van der Waals surface area contributed by atoms with Crippen LogP contribution in [0, 0.1) is 0 Å². The van der Waals surface area contributed by atoms with Gasteiger partial charge in [-0.05, 0) is 105 Å². The topological polar surface area (TPSA) is 128 Å². The molecule has 0 spiro atoms. The van der Waals surface area contributed by atoms with Crippen LogP contribution in [-0.2, 0) is 30.5 Å². The summed E-state index contributed by atoms with van der Waals surface area (Å²) in [5, 5.41) is 14.5. The molecule has 11 heteroatoms. The van der Waals surface area contributed by atoms with Gasteiger partial charge in [0.15, 0.2) is 0 Å². The molecule has 2 atom stereocenters. The first-order chi connectivity index (χ1) is 21.8. The number of esters is 2. The molecule has 0 bridgehead atoms. The van der Waals surface area contributed by atoms with Gasteiger partial charge in [0.1, 0.15) is 29.2 Å². The van der Waals surface area contributed by atoms with Crippen LogP contribution in [0.15, 0.2) is 107 Å². The lowest BCUT2D eigenvalue weighted by molar-refractivity contribution is -0.160. The molecule has 0 radical (unpaired) electrons. The average molecular weight is 666 g/mol. The van der Waals surface area contributed by atoms with Gasteiger partial charge in [0.25, 0.3) is 0 Å². The van der Waals surface area contributed by atoms with Gasteiger partial charge in [-0.15, -0.1) is 0 Å². The van der Waals surface area contributed by atoms with E-state index in [9.17, 15) is 23.1 Å². The number of hydrogen-bond donors (Lipinski definition) is 2. The molecule has 9 nitrogen and oxygen atoms in total. The van der Waals surface area contributed by atoms with Gasteiger partial charge in [-0.1, -0.05) is 41.9 Å². The number of methoxy groups -OCH3 is 1. The van der Waals surface area contributed by atoms with Crippen molar-refractivity contribution < 1.29 is 37.3 Å². The third kappa shape index (κ3) is 9.17. The van der Waals surface area contributed by atoms with Crippen molar-refractivity contribution in [3.63, 3.8) is 0 Å². The maximum absolute atomic E-state index is 13.3. The Morgan fingerprint density at radius 1 is 0.870 bits per heavy atom. The molecule has 0 aliphatic heterocycles. The van der Waals surface area contributed by atoms with E-state index in [1.165, 1.54) is 49.6 Å². The third-order valence-electron chi connectivity index (χ3n) is 6.80. The first-order valence-electron chi connectivity index (χ1n) is 14.5. The van der Waals surface area contributed by atoms with Crippen LogP contribution in [-0.4, -0.2) is 50.8 Å². The van der Waals surface area contributed by atoms with Crippen LogP contribution in [0.1, 0.15) is 48.4 Å². The van der Waals surface area contributed by atoms with E-state index in [0.717, 1.165) is 5.56 Å². The van der Waals surface area contributed by atoms with Gasteiger partial charge < -0.3 is 24.6 Å². The van der Waals surface area contributed by atoms with Crippen molar-refractivity contribution >= 4 is 33.4 Å². The Morgan fingerprint density at radius 2 is 1.50 bits per heavy atom. The lowest BCUT2D eigenvalue weighted by Crippen LogP contribution is -2.46. The predicted molar refractivity (Wildman–Crippen MR) is 174 cm³/mol. The Balaban J connectivity index is 1.40. The molecule has 4 rings (SSSR count). The van der Waals surface area contributed by atoms with Crippen LogP contribution in [0.25, 0.3) is 0 Å². The standard InChI is InChI=1S/C35H36ClNO8S/c1-35(2,3)45-34(40)31(32(38)24-7-5-9-26(36)21-24)37-20-19-23-11-15-29(16-12-23)46(41,42)30-17-13-27(14-18-30)44-28-10-6-8-25(22-28)33(39)43-4/h5-18,21-22,31-32,37-38H,19-20H2,1-4H3/t31?,32-/m1/s1. The van der Waals surface area contributed by atoms with Crippen molar-refractivity contribution in [2.24, 2.45) is 0 Å². The zero-order valence-corrected chi connectivity index (χ0v) is 27.5. The highest BCUT2D eigenvalue weighted by Crippen LogP contribution is 2.27. The summed E-state index contributed by atoms with van der Waals surface area (Å²) < 4.78 is 42.6. The second-order valence-electron chi connectivity index (χ2n) is 11.5. The van der Waals surface area contributed by atoms with Gasteiger partial charge >= 0.3 is 11.9 Å². The number of sulfone groups is 1. The summed E-state index contributed by atoms with van der Waals surface area (Å²) in [4.78, 5) is 25.0. The Bertz CT molecular complexity index is 1770. The second kappa shape index (κ2) is 14.9. The highest BCUT2D eigenvalue weighted by atomic mass is 35.5. The molecule has 0 heterocycles. The summed E-state index contributed by atoms with van der Waals surface area (Å²) in [7, 11) is -2.52. The summed E-state index contributed by atoms with van der Waals surface area (Å²) >= 11 is 6.09. The number of carbonyl (C=O) groups is 2. The fourth-order valence-electron chi connectivity index (χ4n) is 4.54. The number of halogens is 1. The van der Waals surface area contributed by atoms with Gasteiger partial charge in [0.2, 0.25) is 9.84 Å². The van der Waals surface area contributed by atoms with Gasteiger partial charge in [-0.2, -0.15) is 0 Å². The number of aliphatic hydroxyl groups is 1. The number of benzene rings is 4. The van der Waals surface area contributed by atoms with Crippen molar-refractivity contribution in [1.29, 1.82) is 0 Å². The van der Waals surface area contributed by atoms with Crippen LogP contribution in [0.4, 0.5) is 0 Å². The highest BCUT2D eigenvalue weighted by molar-refractivity contribution is 7.91. The maximum Gasteiger partial charge on any atom is 0.337 e. The van der Waals surface area contributed by atoms with Crippen LogP contribution in [0.3, 0.4) is 0 Å². The average Bonchev–Trinajstić information content (AvgIpc) is 3.02. The molecular formula is C35H36ClNO8S. The summed E-state index contributed by atoms with van der Waals surface area (Å²) in [6, 6.07) is 24.5. The molecule has 4 aromatic carbocycles. The summed E-state index contributed by atoms with van der Waals surface area (Å²) in [5.41, 5.74) is 0.871. The van der Waals surface area contributed by atoms with Gasteiger partial charge in [-0.25, -0.2) is 13.2 Å². The number of carbonyl (C=O) groups excluding carboxylic acids is 2. The van der Waals surface area contributed by atoms with E-state index in [-0.39, 0.29) is 9.79 Å². The van der Waals surface area contributed by atoms with E-state index in [1.807, 2.05) is 0 Å². The van der Waals surface area contributed by atoms with E-state index in [2.05, 4.69) is 5.32 Å². The Hall–Kier alpha value is -4.22. The summed E-state index contributed by atoms with van der Waals surface area (Å²) in [6.07, 6.45) is -0.756. The smallest absolute Gasteiger partial charge is 0.337 e. The first-order valence-corrected chi connectivity index (χ1v) is 16.3. The van der Waals surface area contributed by atoms with Gasteiger partial charge in [0, 0.05) is 11.6 Å². The van der Waals surface area contributed by atoms with Crippen LogP contribution < -0.4 is 10.1 Å². The Kier molecular flexibility index (Phi) is 11.2. The molecule has 0 amide bonds. The normalized spacial score (nSPS) is 13.0. The number of nitrogens with one attached hydrogen (secondary N) is 1. The maximum atomic E-state index is 13.3. The van der Waals surface area contributed by atoms with Crippen molar-refractivity contribution in [3.8, 4) is 11.5 Å². The molecule has 0 aliphatic rings. The Morgan fingerprint density at radius 3 is 2.11 bits per heavy atom. The van der Waals surface area contributed by atoms with E-state index in [0.29, 0.717) is 40.6 Å². The minimum Gasteiger partial charge on any atom is -0.465 e. The van der Waals surface area contributed by atoms with Crippen molar-refractivity contribution in [2.45, 2.75) is 54.7 Å². The van der Waals surface area contributed by atoms with Crippen molar-refractivity contribution in [2.75, 3.05) is 13.7 Å². The van der Waals surface area contributed by atoms with Crippen molar-refractivity contribution in [3.05, 3.63) is 119 Å². The molecular weight excluding hydrogens is 630 g/mol. The van der Waals surface area contributed by atoms with Crippen LogP contribution in [0.2, 0.25) is 5.02 Å². The lowest BCUT2D eigenvalue weighted by atomic mass is 10.0. The molecule has 2 N–H and O–H groups in total. The fraction of sp³-hybridized carbons (Fsp3) is 0.257. The van der Waals surface area contributed by atoms with E-state index < -0.39 is 39.5 Å². The quantitative estimate of drug-likeness (QED) is 0.167. The van der Waals surface area contributed by atoms with E-state index >= 15 is 0 Å². The summed E-state index contributed by atoms with van der Waals surface area (Å²) in [5.74, 6) is -0.298. The minimum atomic E-state index is -3.81. The van der Waals surface area contributed by atoms with Gasteiger partial charge in [-0.3, -0.25) is 4.79 Å². The van der Waals surface area contributed by atoms with E-state index in [1.54, 1.807) is 75.4 Å². The first kappa shape index (κ1) is 34.6. The van der Waals surface area contributed by atoms with E-state index in [4.69, 9.17) is 25.8 Å². The Labute approximate surface area is 274 Å². The van der Waals surface area contributed by atoms with Crippen molar-refractivity contribution in [1.82, 2.24) is 5.32 Å². The monoisotopic (exact) mass is 665 g/mol. The molecule has 4 aromatic rings. The fourth-order valence-corrected chi connectivity index (χ4v) is 6.00. The number of rotatable bonds is 12. The molecule has 242 valence electrons. The molecule has 0 aromatic heterocycles. The lowest BCUT2D eigenvalue weighted by Gasteiger charge is -2.27. The van der Waals surface area contributed by atoms with Crippen LogP contribution in [0.5, 0.6) is 11.5 Å².